The smallest absolute Gasteiger partial charge is 0.168 e. The summed E-state index contributed by atoms with van der Waals surface area (Å²) < 4.78 is 0. The van der Waals surface area contributed by atoms with Gasteiger partial charge in [0.15, 0.2) is 5.78 Å². The molecule has 0 amide bonds. The van der Waals surface area contributed by atoms with E-state index in [-0.39, 0.29) is 11.7 Å². The molecule has 3 aromatic rings. The first-order valence-corrected chi connectivity index (χ1v) is 7.48. The van der Waals surface area contributed by atoms with Crippen molar-refractivity contribution in [3.63, 3.8) is 0 Å². The molecule has 104 valence electrons. The summed E-state index contributed by atoms with van der Waals surface area (Å²) in [4.78, 5) is 15.8. The van der Waals surface area contributed by atoms with Crippen LogP contribution in [0.1, 0.15) is 28.3 Å². The van der Waals surface area contributed by atoms with E-state index < -0.39 is 0 Å². The normalized spacial score (nSPS) is 20.6. The monoisotopic (exact) mass is 295 g/mol. The topological polar surface area (TPSA) is 32.9 Å². The van der Waals surface area contributed by atoms with E-state index in [0.717, 1.165) is 22.9 Å². The highest BCUT2D eigenvalue weighted by Gasteiger charge is 2.44. The number of aromatic nitrogens is 1. The molecule has 0 aliphatic heterocycles. The minimum atomic E-state index is 0.102. The van der Waals surface area contributed by atoms with Crippen LogP contribution in [0.3, 0.4) is 0 Å². The van der Waals surface area contributed by atoms with Crippen molar-refractivity contribution < 1.29 is 4.79 Å². The molecular formula is C18H14ClNO. The Balaban J connectivity index is 1.65. The molecule has 2 aromatic carbocycles. The van der Waals surface area contributed by atoms with Crippen molar-refractivity contribution >= 4 is 28.3 Å². The summed E-state index contributed by atoms with van der Waals surface area (Å²) in [6.45, 7) is 0. The highest BCUT2D eigenvalue weighted by molar-refractivity contribution is 6.35. The molecule has 1 aromatic heterocycles. The Morgan fingerprint density at radius 1 is 1.10 bits per heavy atom. The van der Waals surface area contributed by atoms with Gasteiger partial charge in [-0.25, -0.2) is 0 Å². The van der Waals surface area contributed by atoms with Crippen molar-refractivity contribution in [3.8, 4) is 0 Å². The van der Waals surface area contributed by atoms with Crippen LogP contribution in [-0.2, 0) is 0 Å². The van der Waals surface area contributed by atoms with Crippen LogP contribution in [0.25, 0.3) is 10.9 Å². The first-order valence-electron chi connectivity index (χ1n) is 7.10. The van der Waals surface area contributed by atoms with Crippen molar-refractivity contribution in [2.24, 2.45) is 5.92 Å². The molecule has 0 radical (unpaired) electrons. The van der Waals surface area contributed by atoms with E-state index >= 15 is 0 Å². The molecule has 0 spiro atoms. The van der Waals surface area contributed by atoms with Gasteiger partial charge in [-0.2, -0.15) is 0 Å². The van der Waals surface area contributed by atoms with Gasteiger partial charge in [-0.1, -0.05) is 54.1 Å². The first kappa shape index (κ1) is 12.7. The standard InChI is InChI=1S/C18H14ClNO/c19-16-8-4-7-12-15(10-20-17(12)16)18(21)14-9-13(14)11-5-2-1-3-6-11/h1-8,10,13-14,20H,9H2. The van der Waals surface area contributed by atoms with Crippen molar-refractivity contribution in [2.45, 2.75) is 12.3 Å². The van der Waals surface area contributed by atoms with Crippen LogP contribution in [0.5, 0.6) is 0 Å². The van der Waals surface area contributed by atoms with E-state index in [2.05, 4.69) is 17.1 Å². The maximum absolute atomic E-state index is 12.7. The summed E-state index contributed by atoms with van der Waals surface area (Å²) in [6.07, 6.45) is 2.73. The maximum Gasteiger partial charge on any atom is 0.168 e. The van der Waals surface area contributed by atoms with Crippen LogP contribution in [0.2, 0.25) is 5.02 Å². The first-order chi connectivity index (χ1) is 10.3. The molecule has 2 nitrogen and oxygen atoms in total. The molecular weight excluding hydrogens is 282 g/mol. The Morgan fingerprint density at radius 3 is 2.71 bits per heavy atom. The zero-order valence-electron chi connectivity index (χ0n) is 11.3. The Hall–Kier alpha value is -2.06. The third-order valence-corrected chi connectivity index (χ3v) is 4.60. The molecule has 1 aliphatic carbocycles. The van der Waals surface area contributed by atoms with Gasteiger partial charge in [-0.3, -0.25) is 4.79 Å². The lowest BCUT2D eigenvalue weighted by Crippen LogP contribution is -2.02. The summed E-state index contributed by atoms with van der Waals surface area (Å²) in [5.41, 5.74) is 2.86. The van der Waals surface area contributed by atoms with Gasteiger partial charge in [0.2, 0.25) is 0 Å². The number of carbonyl (C=O) groups is 1. The number of H-pyrrole nitrogens is 1. The summed E-state index contributed by atoms with van der Waals surface area (Å²) in [5.74, 6) is 0.686. The molecule has 3 heteroatoms. The third kappa shape index (κ3) is 2.07. The number of halogens is 1. The van der Waals surface area contributed by atoms with Gasteiger partial charge in [0.1, 0.15) is 0 Å². The predicted octanol–water partition coefficient (Wildman–Crippen LogP) is 4.81. The number of hydrogen-bond acceptors (Lipinski definition) is 1. The second-order valence-electron chi connectivity index (χ2n) is 5.59. The van der Waals surface area contributed by atoms with Crippen LogP contribution in [0, 0.1) is 5.92 Å². The van der Waals surface area contributed by atoms with Crippen LogP contribution in [0.15, 0.2) is 54.7 Å². The van der Waals surface area contributed by atoms with Crippen LogP contribution in [0.4, 0.5) is 0 Å². The molecule has 2 atom stereocenters. The van der Waals surface area contributed by atoms with Gasteiger partial charge in [0.05, 0.1) is 10.5 Å². The Labute approximate surface area is 127 Å². The quantitative estimate of drug-likeness (QED) is 0.691. The molecule has 1 heterocycles. The van der Waals surface area contributed by atoms with Gasteiger partial charge >= 0.3 is 0 Å². The highest BCUT2D eigenvalue weighted by atomic mass is 35.5. The minimum Gasteiger partial charge on any atom is -0.359 e. The average Bonchev–Trinajstić information content (AvgIpc) is 3.20. The fourth-order valence-corrected chi connectivity index (χ4v) is 3.30. The number of fused-ring (bicyclic) bond motifs is 1. The van der Waals surface area contributed by atoms with Gasteiger partial charge in [0.25, 0.3) is 0 Å². The average molecular weight is 296 g/mol. The number of ketones is 1. The molecule has 21 heavy (non-hydrogen) atoms. The molecule has 1 aliphatic rings. The number of rotatable bonds is 3. The maximum atomic E-state index is 12.7. The summed E-state index contributed by atoms with van der Waals surface area (Å²) >= 11 is 6.15. The number of para-hydroxylation sites is 1. The Kier molecular flexibility index (Phi) is 2.86. The zero-order chi connectivity index (χ0) is 14.4. The lowest BCUT2D eigenvalue weighted by Gasteiger charge is -2.00. The van der Waals surface area contributed by atoms with E-state index in [1.54, 1.807) is 6.20 Å². The Morgan fingerprint density at radius 2 is 1.90 bits per heavy atom. The lowest BCUT2D eigenvalue weighted by molar-refractivity contribution is 0.0967. The number of aromatic amines is 1. The van der Waals surface area contributed by atoms with Crippen molar-refractivity contribution in [2.75, 3.05) is 0 Å². The molecule has 2 unspecified atom stereocenters. The van der Waals surface area contributed by atoms with Gasteiger partial charge in [-0.15, -0.1) is 0 Å². The molecule has 4 rings (SSSR count). The number of Topliss-reactive ketones (excluding diaryl/α,β-unsaturated/α-hetero) is 1. The number of nitrogens with one attached hydrogen (secondary N) is 1. The highest BCUT2D eigenvalue weighted by Crippen LogP contribution is 2.49. The van der Waals surface area contributed by atoms with Gasteiger partial charge < -0.3 is 4.98 Å². The van der Waals surface area contributed by atoms with Crippen molar-refractivity contribution in [1.82, 2.24) is 4.98 Å². The predicted molar refractivity (Wildman–Crippen MR) is 84.9 cm³/mol. The van der Waals surface area contributed by atoms with Crippen LogP contribution < -0.4 is 0 Å². The Bertz CT molecular complexity index is 822. The SMILES string of the molecule is O=C(c1c[nH]c2c(Cl)cccc12)C1CC1c1ccccc1. The largest absolute Gasteiger partial charge is 0.359 e. The fourth-order valence-electron chi connectivity index (χ4n) is 3.07. The van der Waals surface area contributed by atoms with Gasteiger partial charge in [0, 0.05) is 23.1 Å². The molecule has 0 bridgehead atoms. The van der Waals surface area contributed by atoms with Crippen LogP contribution in [-0.4, -0.2) is 10.8 Å². The molecule has 1 N–H and O–H groups in total. The van der Waals surface area contributed by atoms with E-state index in [1.807, 2.05) is 36.4 Å². The molecule has 0 saturated heterocycles. The summed E-state index contributed by atoms with van der Waals surface area (Å²) in [7, 11) is 0. The van der Waals surface area contributed by atoms with E-state index in [9.17, 15) is 4.79 Å². The summed E-state index contributed by atoms with van der Waals surface area (Å²) in [6, 6.07) is 15.9. The fraction of sp³-hybridized carbons (Fsp3) is 0.167. The second-order valence-corrected chi connectivity index (χ2v) is 6.00. The van der Waals surface area contributed by atoms with Crippen LogP contribution >= 0.6 is 11.6 Å². The molecule has 1 fully saturated rings. The number of benzene rings is 2. The third-order valence-electron chi connectivity index (χ3n) is 4.29. The second kappa shape index (κ2) is 4.74. The number of hydrogen-bond donors (Lipinski definition) is 1. The number of carbonyl (C=O) groups excluding carboxylic acids is 1. The zero-order valence-corrected chi connectivity index (χ0v) is 12.1. The van der Waals surface area contributed by atoms with E-state index in [4.69, 9.17) is 11.6 Å². The van der Waals surface area contributed by atoms with E-state index in [1.165, 1.54) is 5.56 Å². The van der Waals surface area contributed by atoms with Crippen molar-refractivity contribution in [1.29, 1.82) is 0 Å². The van der Waals surface area contributed by atoms with E-state index in [0.29, 0.717) is 10.9 Å². The molecule has 1 saturated carbocycles. The van der Waals surface area contributed by atoms with Crippen molar-refractivity contribution in [3.05, 3.63) is 70.9 Å². The summed E-state index contributed by atoms with van der Waals surface area (Å²) in [5, 5.41) is 1.58. The van der Waals surface area contributed by atoms with Gasteiger partial charge in [-0.05, 0) is 24.0 Å². The lowest BCUT2D eigenvalue weighted by atomic mass is 10.0. The minimum absolute atomic E-state index is 0.102.